The second kappa shape index (κ2) is 4.43. The standard InChI is InChI=1S/C12H18O3/c1-6-9-7(2)11(14-4)10(13)12(15-5)8(9)3/h13H,6H2,1-5H3. The maximum Gasteiger partial charge on any atom is 0.201 e. The molecule has 0 fully saturated rings. The molecule has 0 saturated carbocycles. The van der Waals surface area contributed by atoms with E-state index < -0.39 is 0 Å². The number of phenols is 1. The normalized spacial score (nSPS) is 10.2. The Morgan fingerprint density at radius 2 is 1.40 bits per heavy atom. The van der Waals surface area contributed by atoms with E-state index in [1.165, 1.54) is 5.56 Å². The van der Waals surface area contributed by atoms with Crippen LogP contribution in [0, 0.1) is 13.8 Å². The molecule has 1 rings (SSSR count). The van der Waals surface area contributed by atoms with E-state index in [2.05, 4.69) is 6.92 Å². The second-order valence-electron chi connectivity index (χ2n) is 3.50. The highest BCUT2D eigenvalue weighted by Gasteiger charge is 2.19. The average molecular weight is 210 g/mol. The maximum atomic E-state index is 9.92. The van der Waals surface area contributed by atoms with Gasteiger partial charge in [0.2, 0.25) is 5.75 Å². The fraction of sp³-hybridized carbons (Fsp3) is 0.500. The smallest absolute Gasteiger partial charge is 0.201 e. The topological polar surface area (TPSA) is 38.7 Å². The molecular weight excluding hydrogens is 192 g/mol. The van der Waals surface area contributed by atoms with E-state index in [1.54, 1.807) is 14.2 Å². The molecule has 0 atom stereocenters. The van der Waals surface area contributed by atoms with Crippen LogP contribution in [0.4, 0.5) is 0 Å². The van der Waals surface area contributed by atoms with Gasteiger partial charge in [0.05, 0.1) is 14.2 Å². The first kappa shape index (κ1) is 11.7. The number of hydrogen-bond acceptors (Lipinski definition) is 3. The third-order valence-corrected chi connectivity index (χ3v) is 2.78. The van der Waals surface area contributed by atoms with Gasteiger partial charge in [-0.1, -0.05) is 6.92 Å². The molecule has 0 unspecified atom stereocenters. The van der Waals surface area contributed by atoms with E-state index in [0.717, 1.165) is 17.5 Å². The maximum absolute atomic E-state index is 9.92. The van der Waals surface area contributed by atoms with Crippen LogP contribution in [-0.2, 0) is 6.42 Å². The van der Waals surface area contributed by atoms with Crippen LogP contribution in [0.1, 0.15) is 23.6 Å². The Hall–Kier alpha value is -1.38. The summed E-state index contributed by atoms with van der Waals surface area (Å²) < 4.78 is 10.4. The molecule has 0 saturated heterocycles. The molecule has 3 heteroatoms. The molecule has 1 aromatic carbocycles. The second-order valence-corrected chi connectivity index (χ2v) is 3.50. The summed E-state index contributed by atoms with van der Waals surface area (Å²) >= 11 is 0. The van der Waals surface area contributed by atoms with Crippen molar-refractivity contribution in [2.75, 3.05) is 14.2 Å². The lowest BCUT2D eigenvalue weighted by atomic mass is 9.98. The van der Waals surface area contributed by atoms with Gasteiger partial charge in [-0.2, -0.15) is 0 Å². The molecule has 1 N–H and O–H groups in total. The third-order valence-electron chi connectivity index (χ3n) is 2.78. The molecule has 0 aliphatic carbocycles. The fourth-order valence-corrected chi connectivity index (χ4v) is 2.04. The number of aromatic hydroxyl groups is 1. The van der Waals surface area contributed by atoms with Gasteiger partial charge in [-0.3, -0.25) is 0 Å². The summed E-state index contributed by atoms with van der Waals surface area (Å²) in [7, 11) is 3.10. The van der Waals surface area contributed by atoms with E-state index in [4.69, 9.17) is 9.47 Å². The summed E-state index contributed by atoms with van der Waals surface area (Å²) in [6.45, 7) is 5.97. The van der Waals surface area contributed by atoms with Crippen molar-refractivity contribution < 1.29 is 14.6 Å². The lowest BCUT2D eigenvalue weighted by Gasteiger charge is -2.18. The van der Waals surface area contributed by atoms with Crippen LogP contribution in [0.3, 0.4) is 0 Å². The lowest BCUT2D eigenvalue weighted by Crippen LogP contribution is -2.00. The van der Waals surface area contributed by atoms with Crippen molar-refractivity contribution in [1.82, 2.24) is 0 Å². The van der Waals surface area contributed by atoms with E-state index in [1.807, 2.05) is 13.8 Å². The predicted octanol–water partition coefficient (Wildman–Crippen LogP) is 2.59. The molecule has 15 heavy (non-hydrogen) atoms. The van der Waals surface area contributed by atoms with Crippen molar-refractivity contribution in [2.45, 2.75) is 27.2 Å². The molecule has 0 radical (unpaired) electrons. The summed E-state index contributed by atoms with van der Waals surface area (Å²) in [6, 6.07) is 0. The minimum atomic E-state index is 0.0900. The summed E-state index contributed by atoms with van der Waals surface area (Å²) in [6.07, 6.45) is 0.894. The van der Waals surface area contributed by atoms with Gasteiger partial charge in [0.15, 0.2) is 11.5 Å². The van der Waals surface area contributed by atoms with Crippen LogP contribution >= 0.6 is 0 Å². The van der Waals surface area contributed by atoms with Crippen molar-refractivity contribution in [3.8, 4) is 17.2 Å². The van der Waals surface area contributed by atoms with Gasteiger partial charge in [0, 0.05) is 0 Å². The molecular formula is C12H18O3. The van der Waals surface area contributed by atoms with E-state index in [0.29, 0.717) is 11.5 Å². The van der Waals surface area contributed by atoms with Crippen molar-refractivity contribution in [2.24, 2.45) is 0 Å². The molecule has 0 aliphatic heterocycles. The molecule has 1 aromatic rings. The van der Waals surface area contributed by atoms with Crippen LogP contribution in [0.2, 0.25) is 0 Å². The molecule has 0 aliphatic rings. The number of ether oxygens (including phenoxy) is 2. The first-order valence-electron chi connectivity index (χ1n) is 5.01. The van der Waals surface area contributed by atoms with Gasteiger partial charge >= 0.3 is 0 Å². The molecule has 0 heterocycles. The van der Waals surface area contributed by atoms with Gasteiger partial charge in [-0.15, -0.1) is 0 Å². The summed E-state index contributed by atoms with van der Waals surface area (Å²) in [5.41, 5.74) is 3.13. The van der Waals surface area contributed by atoms with Crippen molar-refractivity contribution in [1.29, 1.82) is 0 Å². The zero-order chi connectivity index (χ0) is 11.6. The minimum absolute atomic E-state index is 0.0900. The Labute approximate surface area is 90.6 Å². The average Bonchev–Trinajstić information content (AvgIpc) is 2.19. The molecule has 0 spiro atoms. The Bertz CT molecular complexity index is 291. The number of phenolic OH excluding ortho intramolecular Hbond substituents is 1. The Kier molecular flexibility index (Phi) is 3.45. The van der Waals surface area contributed by atoms with E-state index in [-0.39, 0.29) is 5.75 Å². The van der Waals surface area contributed by atoms with Gasteiger partial charge in [0.25, 0.3) is 0 Å². The highest BCUT2D eigenvalue weighted by molar-refractivity contribution is 5.62. The van der Waals surface area contributed by atoms with Crippen LogP contribution in [-0.4, -0.2) is 19.3 Å². The van der Waals surface area contributed by atoms with Crippen molar-refractivity contribution in [3.05, 3.63) is 16.7 Å². The number of methoxy groups -OCH3 is 2. The highest BCUT2D eigenvalue weighted by Crippen LogP contribution is 2.43. The van der Waals surface area contributed by atoms with E-state index >= 15 is 0 Å². The van der Waals surface area contributed by atoms with E-state index in [9.17, 15) is 5.11 Å². The Morgan fingerprint density at radius 3 is 1.67 bits per heavy atom. The monoisotopic (exact) mass is 210 g/mol. The SMILES string of the molecule is CCc1c(C)c(OC)c(O)c(OC)c1C. The number of hydrogen-bond donors (Lipinski definition) is 1. The first-order chi connectivity index (χ1) is 7.08. The zero-order valence-electron chi connectivity index (χ0n) is 9.97. The number of benzene rings is 1. The van der Waals surface area contributed by atoms with Gasteiger partial charge in [0.1, 0.15) is 0 Å². The predicted molar refractivity (Wildman–Crippen MR) is 60.1 cm³/mol. The molecule has 84 valence electrons. The lowest BCUT2D eigenvalue weighted by molar-refractivity contribution is 0.335. The summed E-state index contributed by atoms with van der Waals surface area (Å²) in [5, 5.41) is 9.92. The fourth-order valence-electron chi connectivity index (χ4n) is 2.04. The Morgan fingerprint density at radius 1 is 1.00 bits per heavy atom. The highest BCUT2D eigenvalue weighted by atomic mass is 16.5. The van der Waals surface area contributed by atoms with Crippen LogP contribution in [0.15, 0.2) is 0 Å². The Balaban J connectivity index is 3.57. The minimum Gasteiger partial charge on any atom is -0.502 e. The molecule has 3 nitrogen and oxygen atoms in total. The summed E-state index contributed by atoms with van der Waals surface area (Å²) in [5.74, 6) is 1.11. The van der Waals surface area contributed by atoms with Crippen LogP contribution in [0.5, 0.6) is 17.2 Å². The quantitative estimate of drug-likeness (QED) is 0.833. The first-order valence-corrected chi connectivity index (χ1v) is 5.01. The number of rotatable bonds is 3. The molecule has 0 aromatic heterocycles. The zero-order valence-corrected chi connectivity index (χ0v) is 9.97. The summed E-state index contributed by atoms with van der Waals surface area (Å²) in [4.78, 5) is 0. The van der Waals surface area contributed by atoms with Gasteiger partial charge < -0.3 is 14.6 Å². The molecule has 0 amide bonds. The van der Waals surface area contributed by atoms with Crippen molar-refractivity contribution >= 4 is 0 Å². The van der Waals surface area contributed by atoms with Crippen LogP contribution in [0.25, 0.3) is 0 Å². The largest absolute Gasteiger partial charge is 0.502 e. The van der Waals surface area contributed by atoms with Gasteiger partial charge in [-0.25, -0.2) is 0 Å². The third kappa shape index (κ3) is 1.74. The van der Waals surface area contributed by atoms with Gasteiger partial charge in [-0.05, 0) is 37.0 Å². The van der Waals surface area contributed by atoms with Crippen molar-refractivity contribution in [3.63, 3.8) is 0 Å². The van der Waals surface area contributed by atoms with Crippen LogP contribution < -0.4 is 9.47 Å². The molecule has 0 bridgehead atoms.